The number of nitrogens with one attached hydrogen (secondary N) is 1. The Hall–Kier alpha value is -2.21. The number of piperidine rings is 1. The zero-order chi connectivity index (χ0) is 16.9. The Bertz CT molecular complexity index is 757. The van der Waals surface area contributed by atoms with Crippen LogP contribution in [-0.4, -0.2) is 34.8 Å². The van der Waals surface area contributed by atoms with Gasteiger partial charge in [-0.2, -0.15) is 0 Å². The molecule has 2 amide bonds. The molecule has 0 radical (unpaired) electrons. The Morgan fingerprint density at radius 2 is 1.79 bits per heavy atom. The van der Waals surface area contributed by atoms with E-state index < -0.39 is 0 Å². The summed E-state index contributed by atoms with van der Waals surface area (Å²) < 4.78 is 0.882. The van der Waals surface area contributed by atoms with Gasteiger partial charge in [-0.15, -0.1) is 0 Å². The zero-order valence-corrected chi connectivity index (χ0v) is 14.8. The number of aromatic nitrogens is 1. The first-order chi connectivity index (χ1) is 11.6. The number of benzene rings is 1. The summed E-state index contributed by atoms with van der Waals surface area (Å²) in [5, 5.41) is 2.81. The Balaban J connectivity index is 1.74. The topological polar surface area (TPSA) is 62.3 Å². The number of likely N-dealkylation sites (tertiary alicyclic amines) is 1. The molecule has 1 N–H and O–H groups in total. The molecule has 0 spiro atoms. The van der Waals surface area contributed by atoms with Gasteiger partial charge in [-0.25, -0.2) is 0 Å². The molecule has 1 aliphatic heterocycles. The fourth-order valence-corrected chi connectivity index (χ4v) is 3.13. The smallest absolute Gasteiger partial charge is 0.257 e. The normalized spacial score (nSPS) is 14.3. The molecule has 0 atom stereocenters. The number of anilines is 1. The number of hydrogen-bond donors (Lipinski definition) is 1. The average molecular weight is 388 g/mol. The lowest BCUT2D eigenvalue weighted by atomic mass is 10.1. The van der Waals surface area contributed by atoms with Crippen molar-refractivity contribution in [1.29, 1.82) is 0 Å². The van der Waals surface area contributed by atoms with Gasteiger partial charge in [0.1, 0.15) is 0 Å². The third-order valence-electron chi connectivity index (χ3n) is 3.97. The third kappa shape index (κ3) is 4.00. The average Bonchev–Trinajstić information content (AvgIpc) is 2.62. The number of rotatable bonds is 3. The van der Waals surface area contributed by atoms with E-state index in [2.05, 4.69) is 26.2 Å². The molecular weight excluding hydrogens is 370 g/mol. The summed E-state index contributed by atoms with van der Waals surface area (Å²) in [6, 6.07) is 8.95. The van der Waals surface area contributed by atoms with E-state index in [1.54, 1.807) is 12.1 Å². The van der Waals surface area contributed by atoms with Crippen molar-refractivity contribution in [3.05, 3.63) is 58.3 Å². The van der Waals surface area contributed by atoms with Crippen LogP contribution in [0.2, 0.25) is 0 Å². The van der Waals surface area contributed by atoms with Crippen LogP contribution in [0.15, 0.2) is 47.2 Å². The largest absolute Gasteiger partial charge is 0.339 e. The van der Waals surface area contributed by atoms with E-state index in [0.29, 0.717) is 16.8 Å². The van der Waals surface area contributed by atoms with Crippen molar-refractivity contribution in [3.8, 4) is 0 Å². The van der Waals surface area contributed by atoms with Crippen molar-refractivity contribution in [2.24, 2.45) is 0 Å². The van der Waals surface area contributed by atoms with Gasteiger partial charge < -0.3 is 10.2 Å². The number of nitrogens with zero attached hydrogens (tertiary/aromatic N) is 2. The summed E-state index contributed by atoms with van der Waals surface area (Å²) in [7, 11) is 0. The van der Waals surface area contributed by atoms with Crippen molar-refractivity contribution in [2.75, 3.05) is 18.4 Å². The maximum Gasteiger partial charge on any atom is 0.257 e. The molecule has 1 aliphatic rings. The van der Waals surface area contributed by atoms with E-state index in [9.17, 15) is 9.59 Å². The summed E-state index contributed by atoms with van der Waals surface area (Å²) >= 11 is 3.37. The van der Waals surface area contributed by atoms with Crippen molar-refractivity contribution in [3.63, 3.8) is 0 Å². The van der Waals surface area contributed by atoms with Crippen LogP contribution in [0, 0.1) is 0 Å². The molecule has 24 heavy (non-hydrogen) atoms. The Labute approximate surface area is 149 Å². The van der Waals surface area contributed by atoms with Crippen LogP contribution in [0.25, 0.3) is 0 Å². The van der Waals surface area contributed by atoms with E-state index in [1.165, 1.54) is 12.4 Å². The first kappa shape index (κ1) is 16.6. The second kappa shape index (κ2) is 7.57. The van der Waals surface area contributed by atoms with Crippen molar-refractivity contribution >= 4 is 33.4 Å². The molecule has 1 aromatic heterocycles. The maximum atomic E-state index is 12.5. The fourth-order valence-electron chi connectivity index (χ4n) is 2.73. The van der Waals surface area contributed by atoms with Gasteiger partial charge in [-0.1, -0.05) is 22.0 Å². The van der Waals surface area contributed by atoms with Crippen LogP contribution >= 0.6 is 15.9 Å². The van der Waals surface area contributed by atoms with Crippen LogP contribution in [0.1, 0.15) is 40.0 Å². The Morgan fingerprint density at radius 1 is 1.04 bits per heavy atom. The van der Waals surface area contributed by atoms with Crippen LogP contribution in [-0.2, 0) is 0 Å². The van der Waals surface area contributed by atoms with Gasteiger partial charge in [-0.05, 0) is 43.5 Å². The highest BCUT2D eigenvalue weighted by Crippen LogP contribution is 2.17. The number of hydrogen-bond acceptors (Lipinski definition) is 3. The zero-order valence-electron chi connectivity index (χ0n) is 13.2. The highest BCUT2D eigenvalue weighted by atomic mass is 79.9. The summed E-state index contributed by atoms with van der Waals surface area (Å²) in [5.41, 5.74) is 1.51. The van der Waals surface area contributed by atoms with Gasteiger partial charge >= 0.3 is 0 Å². The first-order valence-electron chi connectivity index (χ1n) is 7.95. The lowest BCUT2D eigenvalue weighted by Crippen LogP contribution is -2.35. The second-order valence-corrected chi connectivity index (χ2v) is 6.70. The quantitative estimate of drug-likeness (QED) is 0.872. The summed E-state index contributed by atoms with van der Waals surface area (Å²) in [4.78, 5) is 30.8. The molecular formula is C18H18BrN3O2. The molecule has 0 saturated carbocycles. The summed E-state index contributed by atoms with van der Waals surface area (Å²) in [5.74, 6) is -0.340. The Morgan fingerprint density at radius 3 is 2.54 bits per heavy atom. The van der Waals surface area contributed by atoms with Crippen molar-refractivity contribution in [2.45, 2.75) is 19.3 Å². The van der Waals surface area contributed by atoms with E-state index in [4.69, 9.17) is 0 Å². The third-order valence-corrected chi connectivity index (χ3v) is 4.47. The second-order valence-electron chi connectivity index (χ2n) is 5.78. The number of halogens is 1. The molecule has 6 heteroatoms. The van der Waals surface area contributed by atoms with Gasteiger partial charge in [0.15, 0.2) is 0 Å². The van der Waals surface area contributed by atoms with E-state index >= 15 is 0 Å². The number of carbonyl (C=O) groups is 2. The van der Waals surface area contributed by atoms with Crippen LogP contribution in [0.4, 0.5) is 5.69 Å². The molecule has 124 valence electrons. The van der Waals surface area contributed by atoms with Gasteiger partial charge in [0.05, 0.1) is 11.1 Å². The van der Waals surface area contributed by atoms with Crippen LogP contribution < -0.4 is 5.32 Å². The summed E-state index contributed by atoms with van der Waals surface area (Å²) in [6.45, 7) is 1.54. The molecule has 0 aliphatic carbocycles. The molecule has 5 nitrogen and oxygen atoms in total. The standard InChI is InChI=1S/C18H18BrN3O2/c19-15-5-4-6-16(10-15)21-17(23)13-9-14(12-20-11-13)18(24)22-7-2-1-3-8-22/h4-6,9-12H,1-3,7-8H2,(H,21,23). The molecule has 2 aromatic rings. The minimum atomic E-state index is -0.283. The van der Waals surface area contributed by atoms with Gasteiger partial charge in [0.25, 0.3) is 11.8 Å². The number of carbonyl (C=O) groups excluding carboxylic acids is 2. The minimum Gasteiger partial charge on any atom is -0.339 e. The number of amides is 2. The minimum absolute atomic E-state index is 0.0562. The SMILES string of the molecule is O=C(Nc1cccc(Br)c1)c1cncc(C(=O)N2CCCCC2)c1. The molecule has 0 bridgehead atoms. The van der Waals surface area contributed by atoms with Gasteiger partial charge in [0, 0.05) is 35.6 Å². The van der Waals surface area contributed by atoms with Gasteiger partial charge in [0.2, 0.25) is 0 Å². The van der Waals surface area contributed by atoms with Crippen molar-refractivity contribution < 1.29 is 9.59 Å². The first-order valence-corrected chi connectivity index (χ1v) is 8.74. The highest BCUT2D eigenvalue weighted by Gasteiger charge is 2.19. The summed E-state index contributed by atoms with van der Waals surface area (Å²) in [6.07, 6.45) is 6.22. The molecule has 0 unspecified atom stereocenters. The highest BCUT2D eigenvalue weighted by molar-refractivity contribution is 9.10. The van der Waals surface area contributed by atoms with E-state index in [0.717, 1.165) is 36.8 Å². The molecule has 1 saturated heterocycles. The van der Waals surface area contributed by atoms with Crippen LogP contribution in [0.3, 0.4) is 0 Å². The predicted molar refractivity (Wildman–Crippen MR) is 96.1 cm³/mol. The molecule has 1 aromatic carbocycles. The lowest BCUT2D eigenvalue weighted by molar-refractivity contribution is 0.0724. The monoisotopic (exact) mass is 387 g/mol. The Kier molecular flexibility index (Phi) is 5.25. The van der Waals surface area contributed by atoms with Crippen LogP contribution in [0.5, 0.6) is 0 Å². The molecule has 3 rings (SSSR count). The molecule has 1 fully saturated rings. The van der Waals surface area contributed by atoms with E-state index in [-0.39, 0.29) is 11.8 Å². The molecule has 2 heterocycles. The maximum absolute atomic E-state index is 12.5. The fraction of sp³-hybridized carbons (Fsp3) is 0.278. The van der Waals surface area contributed by atoms with Crippen molar-refractivity contribution in [1.82, 2.24) is 9.88 Å². The van der Waals surface area contributed by atoms with Gasteiger partial charge in [-0.3, -0.25) is 14.6 Å². The predicted octanol–water partition coefficient (Wildman–Crippen LogP) is 3.72. The lowest BCUT2D eigenvalue weighted by Gasteiger charge is -2.26. The number of pyridine rings is 1. The van der Waals surface area contributed by atoms with E-state index in [1.807, 2.05) is 23.1 Å².